The molecule has 1 atom stereocenters. The van der Waals surface area contributed by atoms with E-state index < -0.39 is 0 Å². The van der Waals surface area contributed by atoms with E-state index in [9.17, 15) is 4.79 Å². The number of nitrogens with one attached hydrogen (secondary N) is 2. The summed E-state index contributed by atoms with van der Waals surface area (Å²) in [6, 6.07) is 4.57. The lowest BCUT2D eigenvalue weighted by Crippen LogP contribution is -2.42. The quantitative estimate of drug-likeness (QED) is 0.789. The van der Waals surface area contributed by atoms with Gasteiger partial charge in [0.15, 0.2) is 0 Å². The van der Waals surface area contributed by atoms with Gasteiger partial charge in [0.1, 0.15) is 0 Å². The Morgan fingerprint density at radius 2 is 1.96 bits per heavy atom. The van der Waals surface area contributed by atoms with E-state index in [1.807, 2.05) is 0 Å². The SMILES string of the molecule is CC(C)CCNC(=O)NCC(c1cccs1)N1CCCCCC1. The summed E-state index contributed by atoms with van der Waals surface area (Å²) >= 11 is 1.79. The van der Waals surface area contributed by atoms with E-state index in [1.165, 1.54) is 30.6 Å². The Labute approximate surface area is 144 Å². The summed E-state index contributed by atoms with van der Waals surface area (Å²) in [6.45, 7) is 8.06. The number of carbonyl (C=O) groups is 1. The monoisotopic (exact) mass is 337 g/mol. The van der Waals surface area contributed by atoms with Crippen LogP contribution in [0.25, 0.3) is 0 Å². The Bertz CT molecular complexity index is 439. The third-order valence-corrected chi connectivity index (χ3v) is 5.39. The second-order valence-electron chi connectivity index (χ2n) is 6.80. The van der Waals surface area contributed by atoms with E-state index >= 15 is 0 Å². The maximum atomic E-state index is 12.0. The number of thiophene rings is 1. The molecule has 2 amide bonds. The molecule has 1 unspecified atom stereocenters. The van der Waals surface area contributed by atoms with Gasteiger partial charge in [-0.05, 0) is 49.7 Å². The second-order valence-corrected chi connectivity index (χ2v) is 7.78. The van der Waals surface area contributed by atoms with Crippen LogP contribution in [0.3, 0.4) is 0 Å². The van der Waals surface area contributed by atoms with Crippen LogP contribution in [0.4, 0.5) is 4.79 Å². The van der Waals surface area contributed by atoms with Gasteiger partial charge in [0.2, 0.25) is 0 Å². The molecule has 0 spiro atoms. The van der Waals surface area contributed by atoms with E-state index in [4.69, 9.17) is 0 Å². The molecular weight excluding hydrogens is 306 g/mol. The van der Waals surface area contributed by atoms with Crippen molar-refractivity contribution < 1.29 is 4.79 Å². The number of amides is 2. The minimum atomic E-state index is -0.0398. The molecule has 0 aromatic carbocycles. The Hall–Kier alpha value is -1.07. The molecule has 0 radical (unpaired) electrons. The summed E-state index contributed by atoms with van der Waals surface area (Å²) in [5.41, 5.74) is 0. The summed E-state index contributed by atoms with van der Waals surface area (Å²) in [7, 11) is 0. The van der Waals surface area contributed by atoms with Crippen molar-refractivity contribution in [1.82, 2.24) is 15.5 Å². The van der Waals surface area contributed by atoms with Crippen LogP contribution in [0.15, 0.2) is 17.5 Å². The fraction of sp³-hybridized carbons (Fsp3) is 0.722. The highest BCUT2D eigenvalue weighted by molar-refractivity contribution is 7.10. The van der Waals surface area contributed by atoms with E-state index in [0.717, 1.165) is 26.1 Å². The molecule has 4 nitrogen and oxygen atoms in total. The number of rotatable bonds is 7. The standard InChI is InChI=1S/C18H31N3OS/c1-15(2)9-10-19-18(22)20-14-16(17-8-7-13-23-17)21-11-5-3-4-6-12-21/h7-8,13,15-16H,3-6,9-12,14H2,1-2H3,(H2,19,20,22). The number of hydrogen-bond acceptors (Lipinski definition) is 3. The van der Waals surface area contributed by atoms with Gasteiger partial charge < -0.3 is 10.6 Å². The van der Waals surface area contributed by atoms with Crippen LogP contribution < -0.4 is 10.6 Å². The molecule has 23 heavy (non-hydrogen) atoms. The molecule has 0 bridgehead atoms. The number of likely N-dealkylation sites (tertiary alicyclic amines) is 1. The smallest absolute Gasteiger partial charge is 0.314 e. The van der Waals surface area contributed by atoms with Crippen molar-refractivity contribution in [2.75, 3.05) is 26.2 Å². The van der Waals surface area contributed by atoms with E-state index in [-0.39, 0.29) is 6.03 Å². The van der Waals surface area contributed by atoms with Gasteiger partial charge >= 0.3 is 6.03 Å². The zero-order valence-corrected chi connectivity index (χ0v) is 15.3. The Morgan fingerprint density at radius 1 is 1.22 bits per heavy atom. The average molecular weight is 338 g/mol. The summed E-state index contributed by atoms with van der Waals surface area (Å²) in [6.07, 6.45) is 6.21. The molecule has 2 rings (SSSR count). The number of nitrogens with zero attached hydrogens (tertiary/aromatic N) is 1. The molecule has 0 aliphatic carbocycles. The first-order valence-electron chi connectivity index (χ1n) is 8.96. The van der Waals surface area contributed by atoms with Gasteiger partial charge in [-0.15, -0.1) is 11.3 Å². The van der Waals surface area contributed by atoms with Gasteiger partial charge in [0.05, 0.1) is 6.04 Å². The van der Waals surface area contributed by atoms with Crippen molar-refractivity contribution in [3.8, 4) is 0 Å². The van der Waals surface area contributed by atoms with Crippen LogP contribution in [0.2, 0.25) is 0 Å². The molecule has 1 aromatic rings. The summed E-state index contributed by atoms with van der Waals surface area (Å²) in [5, 5.41) is 8.17. The van der Waals surface area contributed by atoms with Crippen LogP contribution in [0, 0.1) is 5.92 Å². The molecule has 130 valence electrons. The predicted octanol–water partition coefficient (Wildman–Crippen LogP) is 4.01. The van der Waals surface area contributed by atoms with E-state index in [2.05, 4.69) is 46.9 Å². The topological polar surface area (TPSA) is 44.4 Å². The summed E-state index contributed by atoms with van der Waals surface area (Å²) < 4.78 is 0. The van der Waals surface area contributed by atoms with Gasteiger partial charge in [0, 0.05) is 18.0 Å². The molecule has 2 heterocycles. The van der Waals surface area contributed by atoms with Crippen LogP contribution >= 0.6 is 11.3 Å². The van der Waals surface area contributed by atoms with Crippen molar-refractivity contribution in [1.29, 1.82) is 0 Å². The molecule has 1 aliphatic heterocycles. The fourth-order valence-electron chi connectivity index (χ4n) is 3.02. The zero-order valence-electron chi connectivity index (χ0n) is 14.5. The largest absolute Gasteiger partial charge is 0.338 e. The van der Waals surface area contributed by atoms with Crippen molar-refractivity contribution in [3.05, 3.63) is 22.4 Å². The maximum Gasteiger partial charge on any atom is 0.314 e. The van der Waals surface area contributed by atoms with Gasteiger partial charge in [-0.25, -0.2) is 4.79 Å². The minimum Gasteiger partial charge on any atom is -0.338 e. The third-order valence-electron chi connectivity index (χ3n) is 4.42. The summed E-state index contributed by atoms with van der Waals surface area (Å²) in [5.74, 6) is 0.617. The van der Waals surface area contributed by atoms with Crippen molar-refractivity contribution >= 4 is 17.4 Å². The Kier molecular flexibility index (Phi) is 7.89. The molecule has 2 N–H and O–H groups in total. The minimum absolute atomic E-state index is 0.0398. The highest BCUT2D eigenvalue weighted by atomic mass is 32.1. The van der Waals surface area contributed by atoms with Crippen LogP contribution in [-0.2, 0) is 0 Å². The van der Waals surface area contributed by atoms with E-state index in [0.29, 0.717) is 18.5 Å². The first-order chi connectivity index (χ1) is 11.2. The van der Waals surface area contributed by atoms with E-state index in [1.54, 1.807) is 11.3 Å². The van der Waals surface area contributed by atoms with Gasteiger partial charge in [-0.3, -0.25) is 4.90 Å². The van der Waals surface area contributed by atoms with Crippen LogP contribution in [0.1, 0.15) is 56.9 Å². The second kappa shape index (κ2) is 9.93. The Morgan fingerprint density at radius 3 is 2.57 bits per heavy atom. The van der Waals surface area contributed by atoms with Crippen molar-refractivity contribution in [2.24, 2.45) is 5.92 Å². The van der Waals surface area contributed by atoms with Crippen LogP contribution in [-0.4, -0.2) is 37.1 Å². The zero-order chi connectivity index (χ0) is 16.5. The highest BCUT2D eigenvalue weighted by Gasteiger charge is 2.22. The molecule has 1 aliphatic rings. The maximum absolute atomic E-state index is 12.0. The van der Waals surface area contributed by atoms with Gasteiger partial charge in [-0.2, -0.15) is 0 Å². The molecule has 5 heteroatoms. The van der Waals surface area contributed by atoms with Gasteiger partial charge in [-0.1, -0.05) is 32.8 Å². The normalized spacial score (nSPS) is 17.7. The van der Waals surface area contributed by atoms with Crippen molar-refractivity contribution in [2.45, 2.75) is 52.0 Å². The Balaban J connectivity index is 1.86. The third kappa shape index (κ3) is 6.51. The molecule has 1 fully saturated rings. The highest BCUT2D eigenvalue weighted by Crippen LogP contribution is 2.27. The summed E-state index contributed by atoms with van der Waals surface area (Å²) in [4.78, 5) is 15.9. The molecule has 1 aromatic heterocycles. The van der Waals surface area contributed by atoms with Crippen LogP contribution in [0.5, 0.6) is 0 Å². The lowest BCUT2D eigenvalue weighted by molar-refractivity contribution is 0.198. The molecular formula is C18H31N3OS. The average Bonchev–Trinajstić information content (AvgIpc) is 2.90. The van der Waals surface area contributed by atoms with Gasteiger partial charge in [0.25, 0.3) is 0 Å². The lowest BCUT2D eigenvalue weighted by Gasteiger charge is -2.30. The number of urea groups is 1. The number of hydrogen-bond donors (Lipinski definition) is 2. The van der Waals surface area contributed by atoms with Crippen molar-refractivity contribution in [3.63, 3.8) is 0 Å². The lowest BCUT2D eigenvalue weighted by atomic mass is 10.1. The fourth-order valence-corrected chi connectivity index (χ4v) is 3.88. The molecule has 1 saturated heterocycles. The molecule has 0 saturated carbocycles. The number of carbonyl (C=O) groups excluding carboxylic acids is 1. The first-order valence-corrected chi connectivity index (χ1v) is 9.84. The predicted molar refractivity (Wildman–Crippen MR) is 98.0 cm³/mol. The first kappa shape index (κ1) is 18.3.